The Morgan fingerprint density at radius 2 is 2.04 bits per heavy atom. The zero-order valence-corrected chi connectivity index (χ0v) is 16.7. The summed E-state index contributed by atoms with van der Waals surface area (Å²) in [6.07, 6.45) is 4.02. The van der Waals surface area contributed by atoms with Crippen LogP contribution >= 0.6 is 11.3 Å². The predicted octanol–water partition coefficient (Wildman–Crippen LogP) is 2.30. The Kier molecular flexibility index (Phi) is 4.05. The van der Waals surface area contributed by atoms with Crippen molar-refractivity contribution in [1.82, 2.24) is 4.98 Å². The second-order valence-electron chi connectivity index (χ2n) is 7.25. The van der Waals surface area contributed by atoms with Gasteiger partial charge in [0.05, 0.1) is 11.5 Å². The van der Waals surface area contributed by atoms with E-state index in [0.717, 1.165) is 21.6 Å². The molecule has 8 heteroatoms. The topological polar surface area (TPSA) is 94.6 Å². The maximum Gasteiger partial charge on any atom is 0.283 e. The molecule has 0 aliphatic carbocycles. The first-order chi connectivity index (χ1) is 12.7. The number of aromatic nitrogens is 1. The molecule has 4 heterocycles. The van der Waals surface area contributed by atoms with Crippen molar-refractivity contribution in [3.63, 3.8) is 0 Å². The Morgan fingerprint density at radius 1 is 1.26 bits per heavy atom. The van der Waals surface area contributed by atoms with E-state index in [2.05, 4.69) is 27.9 Å². The summed E-state index contributed by atoms with van der Waals surface area (Å²) in [6.45, 7) is 3.77. The Balaban J connectivity index is 1.67. The molecule has 0 saturated carbocycles. The van der Waals surface area contributed by atoms with Gasteiger partial charge >= 0.3 is 0 Å². The second kappa shape index (κ2) is 6.08. The molecule has 1 unspecified atom stereocenters. The van der Waals surface area contributed by atoms with Gasteiger partial charge in [0.2, 0.25) is 0 Å². The van der Waals surface area contributed by atoms with Crippen LogP contribution in [0.1, 0.15) is 30.7 Å². The molecule has 2 aliphatic heterocycles. The van der Waals surface area contributed by atoms with Crippen molar-refractivity contribution in [2.24, 2.45) is 10.7 Å². The lowest BCUT2D eigenvalue weighted by Gasteiger charge is -2.47. The maximum atomic E-state index is 11.7. The van der Waals surface area contributed by atoms with E-state index < -0.39 is 21.0 Å². The molecule has 1 saturated heterocycles. The lowest BCUT2D eigenvalue weighted by Crippen LogP contribution is -2.62. The van der Waals surface area contributed by atoms with Crippen molar-refractivity contribution in [3.8, 4) is 23.0 Å². The molecule has 2 aliphatic rings. The molecular weight excluding hydrogens is 382 g/mol. The molecule has 0 radical (unpaired) electrons. The third-order valence-corrected chi connectivity index (χ3v) is 7.90. The van der Waals surface area contributed by atoms with Gasteiger partial charge in [-0.2, -0.15) is 0 Å². The summed E-state index contributed by atoms with van der Waals surface area (Å²) in [5.41, 5.74) is 7.39. The van der Waals surface area contributed by atoms with Crippen molar-refractivity contribution in [2.45, 2.75) is 31.4 Å². The summed E-state index contributed by atoms with van der Waals surface area (Å²) in [5.74, 6) is 5.87. The monoisotopic (exact) mass is 401 g/mol. The number of amidine groups is 1. The Morgan fingerprint density at radius 3 is 2.74 bits per heavy atom. The smallest absolute Gasteiger partial charge is 0.283 e. The first-order valence-corrected chi connectivity index (χ1v) is 11.1. The third-order valence-electron chi connectivity index (χ3n) is 4.78. The second-order valence-corrected chi connectivity index (χ2v) is 10.2. The van der Waals surface area contributed by atoms with Crippen molar-refractivity contribution in [3.05, 3.63) is 40.3 Å². The largest absolute Gasteiger partial charge is 0.457 e. The fourth-order valence-electron chi connectivity index (χ4n) is 3.83. The van der Waals surface area contributed by atoms with Crippen LogP contribution in [-0.2, 0) is 20.1 Å². The standard InChI is InChI=1S/C19H19N3O3S2/c1-3-4-13-5-14(8-21-7-13)15-6-16(26-9-15)18(2)10-19(25-17(20)22-18)11-27(23,24)12-19/h5-9H,10-12H2,1-2H3,(H2,20,22). The molecule has 27 heavy (non-hydrogen) atoms. The molecule has 0 amide bonds. The molecule has 6 nitrogen and oxygen atoms in total. The molecular formula is C19H19N3O3S2. The van der Waals surface area contributed by atoms with Gasteiger partial charge in [-0.1, -0.05) is 5.92 Å². The summed E-state index contributed by atoms with van der Waals surface area (Å²) in [4.78, 5) is 9.79. The van der Waals surface area contributed by atoms with Gasteiger partial charge in [-0.3, -0.25) is 4.98 Å². The zero-order chi connectivity index (χ0) is 19.3. The molecule has 2 aromatic rings. The quantitative estimate of drug-likeness (QED) is 0.779. The summed E-state index contributed by atoms with van der Waals surface area (Å²) in [5, 5.41) is 2.05. The number of pyridine rings is 1. The van der Waals surface area contributed by atoms with Crippen LogP contribution in [0, 0.1) is 11.8 Å². The van der Waals surface area contributed by atoms with Gasteiger partial charge in [0.1, 0.15) is 11.1 Å². The van der Waals surface area contributed by atoms with Crippen molar-refractivity contribution in [1.29, 1.82) is 0 Å². The van der Waals surface area contributed by atoms with Crippen LogP contribution in [-0.4, -0.2) is 36.5 Å². The van der Waals surface area contributed by atoms with E-state index in [4.69, 9.17) is 10.5 Å². The molecule has 2 N–H and O–H groups in total. The van der Waals surface area contributed by atoms with E-state index in [1.807, 2.05) is 18.4 Å². The van der Waals surface area contributed by atoms with E-state index in [-0.39, 0.29) is 17.5 Å². The summed E-state index contributed by atoms with van der Waals surface area (Å²) < 4.78 is 29.0. The van der Waals surface area contributed by atoms with Crippen LogP contribution in [0.4, 0.5) is 0 Å². The molecule has 2 aromatic heterocycles. The highest BCUT2D eigenvalue weighted by Gasteiger charge is 2.57. The van der Waals surface area contributed by atoms with Crippen LogP contribution in [0.5, 0.6) is 0 Å². The highest BCUT2D eigenvalue weighted by Crippen LogP contribution is 2.46. The van der Waals surface area contributed by atoms with Crippen molar-refractivity contribution in [2.75, 3.05) is 11.5 Å². The van der Waals surface area contributed by atoms with Gasteiger partial charge < -0.3 is 10.5 Å². The fourth-order valence-corrected chi connectivity index (χ4v) is 6.70. The Hall–Kier alpha value is -2.37. The highest BCUT2D eigenvalue weighted by molar-refractivity contribution is 7.93. The Labute approximate surface area is 162 Å². The van der Waals surface area contributed by atoms with Crippen molar-refractivity contribution < 1.29 is 13.2 Å². The number of hydrogen-bond acceptors (Lipinski definition) is 7. The van der Waals surface area contributed by atoms with Gasteiger partial charge in [-0.15, -0.1) is 17.3 Å². The zero-order valence-electron chi connectivity index (χ0n) is 15.0. The first-order valence-electron chi connectivity index (χ1n) is 8.45. The fraction of sp³-hybridized carbons (Fsp3) is 0.368. The predicted molar refractivity (Wildman–Crippen MR) is 106 cm³/mol. The average Bonchev–Trinajstić information content (AvgIpc) is 3.03. The number of nitrogens with two attached hydrogens (primary N) is 1. The molecule has 1 spiro atoms. The van der Waals surface area contributed by atoms with Crippen LogP contribution in [0.15, 0.2) is 34.9 Å². The van der Waals surface area contributed by atoms with E-state index in [1.54, 1.807) is 30.7 Å². The van der Waals surface area contributed by atoms with Crippen LogP contribution in [0.25, 0.3) is 11.1 Å². The number of sulfone groups is 1. The number of hydrogen-bond donors (Lipinski definition) is 1. The van der Waals surface area contributed by atoms with Crippen LogP contribution < -0.4 is 5.73 Å². The maximum absolute atomic E-state index is 11.7. The number of rotatable bonds is 2. The molecule has 1 fully saturated rings. The minimum atomic E-state index is -3.05. The SMILES string of the molecule is CC#Cc1cncc(-c2csc(C3(C)CC4(CS(=O)(=O)C4)OC(N)=N3)c2)c1. The molecule has 1 atom stereocenters. The Bertz CT molecular complexity index is 1100. The minimum Gasteiger partial charge on any atom is -0.457 e. The van der Waals surface area contributed by atoms with Crippen LogP contribution in [0.3, 0.4) is 0 Å². The van der Waals surface area contributed by atoms with Gasteiger partial charge in [0, 0.05) is 34.8 Å². The van der Waals surface area contributed by atoms with Gasteiger partial charge in [0.15, 0.2) is 9.84 Å². The minimum absolute atomic E-state index is 0.00824. The molecule has 140 valence electrons. The number of aliphatic imine (C=N–C) groups is 1. The summed E-state index contributed by atoms with van der Waals surface area (Å²) in [6, 6.07) is 4.11. The summed E-state index contributed by atoms with van der Waals surface area (Å²) in [7, 11) is -3.05. The molecule has 0 aromatic carbocycles. The van der Waals surface area contributed by atoms with Crippen molar-refractivity contribution >= 4 is 27.2 Å². The third kappa shape index (κ3) is 3.33. The van der Waals surface area contributed by atoms with E-state index >= 15 is 0 Å². The van der Waals surface area contributed by atoms with Gasteiger partial charge in [-0.05, 0) is 36.9 Å². The number of thiophene rings is 1. The first kappa shape index (κ1) is 18.0. The summed E-state index contributed by atoms with van der Waals surface area (Å²) >= 11 is 1.57. The lowest BCUT2D eigenvalue weighted by atomic mass is 9.85. The lowest BCUT2D eigenvalue weighted by molar-refractivity contribution is 0.0326. The number of nitrogens with zero attached hydrogens (tertiary/aromatic N) is 2. The molecule has 4 rings (SSSR count). The normalized spacial score (nSPS) is 24.9. The van der Waals surface area contributed by atoms with Gasteiger partial charge in [0.25, 0.3) is 6.02 Å². The van der Waals surface area contributed by atoms with E-state index in [0.29, 0.717) is 6.42 Å². The van der Waals surface area contributed by atoms with E-state index in [1.165, 1.54) is 0 Å². The van der Waals surface area contributed by atoms with Crippen LogP contribution in [0.2, 0.25) is 0 Å². The highest BCUT2D eigenvalue weighted by atomic mass is 32.2. The molecule has 0 bridgehead atoms. The van der Waals surface area contributed by atoms with E-state index in [9.17, 15) is 8.42 Å². The van der Waals surface area contributed by atoms with Gasteiger partial charge in [-0.25, -0.2) is 13.4 Å². The average molecular weight is 402 g/mol. The number of ether oxygens (including phenoxy) is 1.